The van der Waals surface area contributed by atoms with Gasteiger partial charge in [-0.1, -0.05) is 41.4 Å². The zero-order valence-electron chi connectivity index (χ0n) is 29.5. The van der Waals surface area contributed by atoms with Crippen LogP contribution in [0.25, 0.3) is 10.9 Å². The third-order valence-corrected chi connectivity index (χ3v) is 10.1. The zero-order chi connectivity index (χ0) is 39.3. The standard InChI is InChI=1S/C37H37Cl2FIN7O6/c1-45(15-6-16-46(2)36(53)54-31-12-9-22(38)17-26(31)33(50)44-29-11-10-23(42)18-27(29)39)35(52)30-19-37(40,41)21-48(30)32(49)20-47(3)34(51)25-13-14-43-28-8-5-4-7-24(25)28/h4-5,7-14,17-18,30H,6,15-16,19-21,42H2,1-3H3,(H,44,50). The molecule has 13 nitrogen and oxygen atoms in total. The summed E-state index contributed by atoms with van der Waals surface area (Å²) in [5.41, 5.74) is 7.42. The van der Waals surface area contributed by atoms with E-state index >= 15 is 4.39 Å². The number of nitrogens with one attached hydrogen (secondary N) is 1. The Labute approximate surface area is 334 Å². The normalized spacial score (nSPS) is 16.5. The molecular formula is C37H37Cl2FIN7O6. The molecule has 1 aromatic heterocycles. The van der Waals surface area contributed by atoms with Crippen molar-refractivity contribution < 1.29 is 33.1 Å². The van der Waals surface area contributed by atoms with Gasteiger partial charge in [-0.15, -0.1) is 0 Å². The number of amides is 5. The van der Waals surface area contributed by atoms with Gasteiger partial charge in [-0.3, -0.25) is 24.2 Å². The Morgan fingerprint density at radius 2 is 1.70 bits per heavy atom. The van der Waals surface area contributed by atoms with Gasteiger partial charge in [0.05, 0.1) is 40.4 Å². The fourth-order valence-corrected chi connectivity index (χ4v) is 7.11. The number of likely N-dealkylation sites (tertiary alicyclic amines) is 1. The monoisotopic (exact) mass is 891 g/mol. The van der Waals surface area contributed by atoms with E-state index in [0.717, 1.165) is 0 Å². The van der Waals surface area contributed by atoms with Gasteiger partial charge in [-0.05, 0) is 77.5 Å². The summed E-state index contributed by atoms with van der Waals surface area (Å²) in [6.45, 7) is -0.367. The highest BCUT2D eigenvalue weighted by atomic mass is 127. The first-order valence-electron chi connectivity index (χ1n) is 16.6. The van der Waals surface area contributed by atoms with Crippen molar-refractivity contribution >= 4 is 97.8 Å². The van der Waals surface area contributed by atoms with Crippen LogP contribution in [-0.2, 0) is 9.59 Å². The first kappa shape index (κ1) is 40.4. The fraction of sp³-hybridized carbons (Fsp3) is 0.297. The Morgan fingerprint density at radius 3 is 2.44 bits per heavy atom. The van der Waals surface area contributed by atoms with E-state index in [1.54, 1.807) is 52.9 Å². The molecule has 3 N–H and O–H groups in total. The van der Waals surface area contributed by atoms with Gasteiger partial charge in [0.25, 0.3) is 11.8 Å². The molecular weight excluding hydrogens is 855 g/mol. The number of fused-ring (bicyclic) bond motifs is 1. The van der Waals surface area contributed by atoms with E-state index in [1.165, 1.54) is 77.3 Å². The second kappa shape index (κ2) is 17.2. The lowest BCUT2D eigenvalue weighted by Gasteiger charge is -2.29. The van der Waals surface area contributed by atoms with Crippen LogP contribution in [0.4, 0.5) is 20.6 Å². The molecule has 1 aliphatic heterocycles. The van der Waals surface area contributed by atoms with Crippen LogP contribution in [-0.4, -0.2) is 111 Å². The SMILES string of the molecule is CN(CCCN(C)C(=O)C1CC(F)(I)CN1C(=O)CN(C)C(=O)c1ccnc2ccccc12)C(=O)Oc1ccc(Cl)cc1C(=O)Nc1ccc(N)cc1Cl. The van der Waals surface area contributed by atoms with Crippen molar-refractivity contribution in [2.75, 3.05) is 58.4 Å². The number of rotatable bonds is 11. The number of nitrogen functional groups attached to an aromatic ring is 1. The first-order chi connectivity index (χ1) is 25.5. The number of halogens is 4. The van der Waals surface area contributed by atoms with Crippen molar-refractivity contribution in [3.05, 3.63) is 94.1 Å². The molecule has 3 aromatic carbocycles. The summed E-state index contributed by atoms with van der Waals surface area (Å²) in [6.07, 6.45) is 0.829. The Bertz CT molecular complexity index is 2100. The Balaban J connectivity index is 1.16. The molecule has 2 heterocycles. The van der Waals surface area contributed by atoms with Crippen LogP contribution in [0.1, 0.15) is 33.6 Å². The lowest BCUT2D eigenvalue weighted by molar-refractivity contribution is -0.143. The quantitative estimate of drug-likeness (QED) is 0.104. The molecule has 0 spiro atoms. The number of aromatic nitrogens is 1. The molecule has 5 amide bonds. The van der Waals surface area contributed by atoms with Crippen molar-refractivity contribution in [1.82, 2.24) is 24.6 Å². The van der Waals surface area contributed by atoms with E-state index in [9.17, 15) is 24.0 Å². The number of ether oxygens (including phenoxy) is 1. The summed E-state index contributed by atoms with van der Waals surface area (Å²) >= 11 is 13.9. The van der Waals surface area contributed by atoms with Crippen molar-refractivity contribution in [1.29, 1.82) is 0 Å². The average molecular weight is 893 g/mol. The van der Waals surface area contributed by atoms with Gasteiger partial charge in [0.1, 0.15) is 11.8 Å². The third-order valence-electron chi connectivity index (χ3n) is 8.77. The van der Waals surface area contributed by atoms with Gasteiger partial charge < -0.3 is 35.4 Å². The van der Waals surface area contributed by atoms with Gasteiger partial charge in [0.15, 0.2) is 3.68 Å². The Kier molecular flexibility index (Phi) is 12.9. The molecule has 1 saturated heterocycles. The zero-order valence-corrected chi connectivity index (χ0v) is 33.2. The van der Waals surface area contributed by atoms with Gasteiger partial charge in [-0.25, -0.2) is 9.18 Å². The summed E-state index contributed by atoms with van der Waals surface area (Å²) in [4.78, 5) is 75.9. The van der Waals surface area contributed by atoms with Crippen LogP contribution >= 0.6 is 45.8 Å². The van der Waals surface area contributed by atoms with Gasteiger partial charge >= 0.3 is 6.09 Å². The van der Waals surface area contributed by atoms with E-state index in [0.29, 0.717) is 34.3 Å². The molecule has 1 aliphatic rings. The highest BCUT2D eigenvalue weighted by Gasteiger charge is 2.48. The number of nitrogens with two attached hydrogens (primary N) is 1. The number of carbonyl (C=O) groups excluding carboxylic acids is 5. The van der Waals surface area contributed by atoms with Crippen molar-refractivity contribution in [3.63, 3.8) is 0 Å². The minimum atomic E-state index is -1.85. The van der Waals surface area contributed by atoms with Crippen molar-refractivity contribution in [2.45, 2.75) is 22.6 Å². The molecule has 2 unspecified atom stereocenters. The molecule has 0 aliphatic carbocycles. The second-order valence-corrected chi connectivity index (χ2v) is 15.6. The maximum Gasteiger partial charge on any atom is 0.414 e. The second-order valence-electron chi connectivity index (χ2n) is 12.9. The summed E-state index contributed by atoms with van der Waals surface area (Å²) in [5.74, 6) is -2.13. The smallest absolute Gasteiger partial charge is 0.409 e. The number of likely N-dealkylation sites (N-methyl/N-ethyl adjacent to an activating group) is 2. The molecule has 1 fully saturated rings. The first-order valence-corrected chi connectivity index (χ1v) is 18.5. The van der Waals surface area contributed by atoms with Crippen LogP contribution in [0.3, 0.4) is 0 Å². The summed E-state index contributed by atoms with van der Waals surface area (Å²) < 4.78 is 19.0. The van der Waals surface area contributed by atoms with Crippen molar-refractivity contribution in [2.24, 2.45) is 0 Å². The minimum Gasteiger partial charge on any atom is -0.409 e. The number of hydrogen-bond acceptors (Lipinski definition) is 8. The van der Waals surface area contributed by atoms with E-state index in [2.05, 4.69) is 10.3 Å². The molecule has 0 saturated carbocycles. The predicted octanol–water partition coefficient (Wildman–Crippen LogP) is 6.13. The predicted molar refractivity (Wildman–Crippen MR) is 213 cm³/mol. The number of nitrogens with zero attached hydrogens (tertiary/aromatic N) is 5. The van der Waals surface area contributed by atoms with Crippen LogP contribution in [0, 0.1) is 0 Å². The number of alkyl halides is 2. The number of para-hydroxylation sites is 1. The van der Waals surface area contributed by atoms with Crippen LogP contribution in [0.15, 0.2) is 72.9 Å². The van der Waals surface area contributed by atoms with E-state index in [4.69, 9.17) is 33.7 Å². The number of carbonyl (C=O) groups is 5. The Morgan fingerprint density at radius 1 is 0.981 bits per heavy atom. The van der Waals surface area contributed by atoms with Crippen LogP contribution in [0.5, 0.6) is 5.75 Å². The molecule has 0 bridgehead atoms. The number of pyridine rings is 1. The number of benzene rings is 3. The molecule has 4 aromatic rings. The largest absolute Gasteiger partial charge is 0.414 e. The van der Waals surface area contributed by atoms with E-state index in [-0.39, 0.29) is 54.0 Å². The molecule has 284 valence electrons. The van der Waals surface area contributed by atoms with Gasteiger partial charge in [0, 0.05) is 62.9 Å². The fourth-order valence-electron chi connectivity index (χ4n) is 5.92. The van der Waals surface area contributed by atoms with E-state index < -0.39 is 39.4 Å². The minimum absolute atomic E-state index is 0.0150. The number of hydrogen-bond donors (Lipinski definition) is 2. The van der Waals surface area contributed by atoms with E-state index in [1.807, 2.05) is 6.07 Å². The molecule has 2 atom stereocenters. The topological polar surface area (TPSA) is 158 Å². The van der Waals surface area contributed by atoms with Crippen LogP contribution in [0.2, 0.25) is 10.0 Å². The molecule has 17 heteroatoms. The average Bonchev–Trinajstić information content (AvgIpc) is 3.47. The summed E-state index contributed by atoms with van der Waals surface area (Å²) in [6, 6.07) is 16.4. The highest BCUT2D eigenvalue weighted by molar-refractivity contribution is 14.1. The third kappa shape index (κ3) is 9.67. The maximum absolute atomic E-state index is 15.3. The van der Waals surface area contributed by atoms with Gasteiger partial charge in [-0.2, -0.15) is 0 Å². The highest BCUT2D eigenvalue weighted by Crippen LogP contribution is 2.37. The van der Waals surface area contributed by atoms with Crippen LogP contribution < -0.4 is 15.8 Å². The maximum atomic E-state index is 15.3. The number of anilines is 2. The summed E-state index contributed by atoms with van der Waals surface area (Å²) in [5, 5.41) is 3.73. The lowest BCUT2D eigenvalue weighted by Crippen LogP contribution is -2.50. The molecule has 5 rings (SSSR count). The molecule has 54 heavy (non-hydrogen) atoms. The molecule has 0 radical (unpaired) electrons. The van der Waals surface area contributed by atoms with Gasteiger partial charge in [0.2, 0.25) is 11.8 Å². The Hall–Kier alpha value is -4.74. The summed E-state index contributed by atoms with van der Waals surface area (Å²) in [7, 11) is 4.50. The lowest BCUT2D eigenvalue weighted by atomic mass is 10.1. The van der Waals surface area contributed by atoms with Crippen molar-refractivity contribution in [3.8, 4) is 5.75 Å².